The normalized spacial score (nSPS) is 37.4. The second-order valence-corrected chi connectivity index (χ2v) is 13.7. The summed E-state index contributed by atoms with van der Waals surface area (Å²) in [5, 5.41) is 22.2. The van der Waals surface area contributed by atoms with Crippen LogP contribution in [0.2, 0.25) is 0 Å². The Hall–Kier alpha value is -3.44. The summed E-state index contributed by atoms with van der Waals surface area (Å²) in [7, 11) is -9.69. The first-order valence-corrected chi connectivity index (χ1v) is 16.6. The van der Waals surface area contributed by atoms with E-state index in [1.54, 1.807) is 0 Å². The molecule has 0 aliphatic carbocycles. The van der Waals surface area contributed by atoms with Gasteiger partial charge in [-0.2, -0.15) is 4.98 Å². The van der Waals surface area contributed by atoms with Gasteiger partial charge in [-0.05, 0) is 0 Å². The van der Waals surface area contributed by atoms with Crippen LogP contribution in [0.1, 0.15) is 12.5 Å². The molecule has 23 nitrogen and oxygen atoms in total. The largest absolute Gasteiger partial charge is 0.472 e. The van der Waals surface area contributed by atoms with E-state index in [0.717, 1.165) is 10.9 Å². The molecule has 2 bridgehead atoms. The number of aromatic amines is 1. The fraction of sp³-hybridized carbons (Fsp3) is 0.524. The molecule has 248 valence electrons. The van der Waals surface area contributed by atoms with Gasteiger partial charge in [0.2, 0.25) is 5.95 Å². The molecule has 3 fully saturated rings. The van der Waals surface area contributed by atoms with Crippen molar-refractivity contribution < 1.29 is 56.9 Å². The average molecular weight is 688 g/mol. The number of phosphoric acid groups is 1. The van der Waals surface area contributed by atoms with Gasteiger partial charge in [0.05, 0.1) is 25.9 Å². The number of ether oxygens (including phenoxy) is 3. The number of fused-ring (bicyclic) bond motifs is 5. The predicted molar refractivity (Wildman–Crippen MR) is 148 cm³/mol. The van der Waals surface area contributed by atoms with Crippen molar-refractivity contribution in [3.63, 3.8) is 0 Å². The number of nitrogens with two attached hydrogens (primary N) is 2. The van der Waals surface area contributed by atoms with E-state index >= 15 is 0 Å². The minimum atomic E-state index is -5.09. The number of nitrogens with one attached hydrogen (secondary N) is 1. The molecule has 9 N–H and O–H groups in total. The number of imidazole rings is 2. The standard InChI is InChI=1S/C21H26N10O13P2/c22-15-9-16(25-3-24-15)30(4-26-9)19-12(33)13-8(43-19)2-41-46(37,38)44-14-11(32)7(1-40-45(35,36)6-39-13)42-20(14)31-5-27-10-17(31)28-21(23)29-18(10)34/h3-5,7-8,11-14,19-20,32-33H,1-2,6H2,(H,35,36)(H,37,38)(H2,22,24,25)(H3,23,28,29,34)/t7-,8-,11+,12?,13+,14?,19-,20-/m1/s1. The first-order valence-electron chi connectivity index (χ1n) is 13.4. The molecule has 3 saturated heterocycles. The van der Waals surface area contributed by atoms with E-state index in [9.17, 15) is 33.9 Å². The van der Waals surface area contributed by atoms with Gasteiger partial charge in [0.15, 0.2) is 35.1 Å². The topological polar surface area (TPSA) is 330 Å². The molecule has 25 heteroatoms. The lowest BCUT2D eigenvalue weighted by Gasteiger charge is -2.26. The zero-order valence-corrected chi connectivity index (χ0v) is 24.9. The van der Waals surface area contributed by atoms with Crippen molar-refractivity contribution in [2.45, 2.75) is 49.1 Å². The van der Waals surface area contributed by atoms with Crippen molar-refractivity contribution in [3.8, 4) is 0 Å². The van der Waals surface area contributed by atoms with E-state index in [4.69, 9.17) is 39.2 Å². The summed E-state index contributed by atoms with van der Waals surface area (Å²) in [6.45, 7) is -1.49. The number of aliphatic hydroxyl groups is 2. The molecule has 7 heterocycles. The Morgan fingerprint density at radius 1 is 0.870 bits per heavy atom. The van der Waals surface area contributed by atoms with Gasteiger partial charge in [0.1, 0.15) is 54.8 Å². The van der Waals surface area contributed by atoms with Gasteiger partial charge in [-0.3, -0.25) is 32.5 Å². The van der Waals surface area contributed by atoms with Gasteiger partial charge < -0.3 is 50.2 Å². The van der Waals surface area contributed by atoms with Crippen LogP contribution in [0.15, 0.2) is 23.8 Å². The molecule has 4 aromatic heterocycles. The Morgan fingerprint density at radius 3 is 2.35 bits per heavy atom. The number of hydrogen-bond donors (Lipinski definition) is 7. The number of nitrogens with zero attached hydrogens (tertiary/aromatic N) is 7. The molecule has 0 spiro atoms. The smallest absolute Gasteiger partial charge is 0.387 e. The van der Waals surface area contributed by atoms with Crippen molar-refractivity contribution in [1.29, 1.82) is 0 Å². The van der Waals surface area contributed by atoms with Crippen molar-refractivity contribution in [1.82, 2.24) is 39.0 Å². The number of hydrogen-bond acceptors (Lipinski definition) is 18. The second-order valence-electron chi connectivity index (χ2n) is 10.5. The highest BCUT2D eigenvalue weighted by Crippen LogP contribution is 2.52. The zero-order chi connectivity index (χ0) is 32.5. The summed E-state index contributed by atoms with van der Waals surface area (Å²) in [6.07, 6.45) is -9.39. The van der Waals surface area contributed by atoms with Gasteiger partial charge in [0.25, 0.3) is 5.56 Å². The summed E-state index contributed by atoms with van der Waals surface area (Å²) in [6, 6.07) is 0. The van der Waals surface area contributed by atoms with Crippen LogP contribution in [0.25, 0.3) is 22.3 Å². The number of phosphoric ester groups is 1. The maximum Gasteiger partial charge on any atom is 0.472 e. The van der Waals surface area contributed by atoms with Crippen LogP contribution in [0.3, 0.4) is 0 Å². The minimum absolute atomic E-state index is 0.0553. The summed E-state index contributed by atoms with van der Waals surface area (Å²) >= 11 is 0. The highest BCUT2D eigenvalue weighted by atomic mass is 31.2. The van der Waals surface area contributed by atoms with Gasteiger partial charge >= 0.3 is 15.4 Å². The molecular weight excluding hydrogens is 662 g/mol. The van der Waals surface area contributed by atoms with Gasteiger partial charge in [0, 0.05) is 0 Å². The highest BCUT2D eigenvalue weighted by Gasteiger charge is 2.52. The van der Waals surface area contributed by atoms with Gasteiger partial charge in [-0.25, -0.2) is 24.5 Å². The zero-order valence-electron chi connectivity index (χ0n) is 23.1. The number of nitrogen functional groups attached to an aromatic ring is 2. The summed E-state index contributed by atoms with van der Waals surface area (Å²) in [5.74, 6) is -0.225. The number of aliphatic hydroxyl groups excluding tert-OH is 2. The fourth-order valence-corrected chi connectivity index (χ4v) is 7.18. The Bertz CT molecular complexity index is 1950. The summed E-state index contributed by atoms with van der Waals surface area (Å²) < 4.78 is 61.7. The van der Waals surface area contributed by atoms with Crippen molar-refractivity contribution >= 4 is 49.5 Å². The lowest BCUT2D eigenvalue weighted by Crippen LogP contribution is -2.38. The monoisotopic (exact) mass is 688 g/mol. The SMILES string of the molecule is Nc1nc2c(ncn2[C@@H]2O[C@@H]3COP(=O)(O)CO[C@@H]4C(O)[C@H](n5cnc6c(N)ncnc65)O[C@@H]4COP(=O)(O)OC2[C@H]3O)c(=O)[nH]1. The summed E-state index contributed by atoms with van der Waals surface area (Å²) in [4.78, 5) is 55.9. The van der Waals surface area contributed by atoms with Gasteiger partial charge in [-0.15, -0.1) is 0 Å². The number of H-pyrrole nitrogens is 1. The molecule has 46 heavy (non-hydrogen) atoms. The van der Waals surface area contributed by atoms with E-state index in [1.807, 2.05) is 0 Å². The molecule has 0 aromatic carbocycles. The Kier molecular flexibility index (Phi) is 7.70. The first kappa shape index (κ1) is 31.2. The number of aromatic nitrogens is 8. The van der Waals surface area contributed by atoms with E-state index < -0.39 is 89.6 Å². The first-order chi connectivity index (χ1) is 21.8. The Morgan fingerprint density at radius 2 is 1.57 bits per heavy atom. The lowest BCUT2D eigenvalue weighted by atomic mass is 10.1. The van der Waals surface area contributed by atoms with Crippen LogP contribution >= 0.6 is 15.4 Å². The molecule has 10 atom stereocenters. The third-order valence-electron chi connectivity index (χ3n) is 7.54. The molecule has 0 amide bonds. The van der Waals surface area contributed by atoms with Gasteiger partial charge in [-0.1, -0.05) is 0 Å². The van der Waals surface area contributed by atoms with E-state index in [1.165, 1.54) is 17.2 Å². The fourth-order valence-electron chi connectivity index (χ4n) is 5.43. The van der Waals surface area contributed by atoms with Crippen LogP contribution in [-0.4, -0.2) is 115 Å². The molecule has 7 rings (SSSR count). The minimum Gasteiger partial charge on any atom is -0.387 e. The highest BCUT2D eigenvalue weighted by molar-refractivity contribution is 7.52. The molecule has 0 radical (unpaired) electrons. The van der Waals surface area contributed by atoms with Crippen LogP contribution in [0, 0.1) is 0 Å². The molecule has 4 aromatic rings. The average Bonchev–Trinajstić information content (AvgIpc) is 3.75. The third-order valence-corrected chi connectivity index (χ3v) is 9.55. The van der Waals surface area contributed by atoms with Crippen LogP contribution < -0.4 is 17.0 Å². The summed E-state index contributed by atoms with van der Waals surface area (Å²) in [5.41, 5.74) is 10.9. The van der Waals surface area contributed by atoms with Crippen LogP contribution in [0.5, 0.6) is 0 Å². The Labute approximate surface area is 255 Å². The van der Waals surface area contributed by atoms with Crippen molar-refractivity contribution in [3.05, 3.63) is 29.3 Å². The van der Waals surface area contributed by atoms with E-state index in [2.05, 4.69) is 29.9 Å². The maximum absolute atomic E-state index is 13.2. The maximum atomic E-state index is 13.2. The van der Waals surface area contributed by atoms with E-state index in [0.29, 0.717) is 0 Å². The Balaban J connectivity index is 1.20. The van der Waals surface area contributed by atoms with E-state index in [-0.39, 0.29) is 34.1 Å². The molecule has 4 unspecified atom stereocenters. The molecule has 3 aliphatic heterocycles. The second kappa shape index (κ2) is 11.4. The van der Waals surface area contributed by atoms with Crippen molar-refractivity contribution in [2.75, 3.05) is 31.0 Å². The predicted octanol–water partition coefficient (Wildman–Crippen LogP) is -2.30. The quantitative estimate of drug-likeness (QED) is 0.109. The van der Waals surface area contributed by atoms with Crippen LogP contribution in [-0.2, 0) is 36.9 Å². The van der Waals surface area contributed by atoms with Crippen molar-refractivity contribution in [2.24, 2.45) is 0 Å². The third kappa shape index (κ3) is 5.49. The molecule has 3 aliphatic rings. The van der Waals surface area contributed by atoms with Crippen LogP contribution in [0.4, 0.5) is 11.8 Å². The molecule has 0 saturated carbocycles. The lowest BCUT2D eigenvalue weighted by molar-refractivity contribution is -0.0633. The molecular formula is C21H26N10O13P2. The number of anilines is 2. The number of rotatable bonds is 2.